The van der Waals surface area contributed by atoms with Crippen molar-refractivity contribution >= 4 is 70.7 Å². The first-order valence-corrected chi connectivity index (χ1v) is 10.3. The Labute approximate surface area is 173 Å². The third kappa shape index (κ3) is 3.17. The van der Waals surface area contributed by atoms with Crippen molar-refractivity contribution in [3.63, 3.8) is 0 Å². The fraction of sp³-hybridized carbons (Fsp3) is 0. The van der Waals surface area contributed by atoms with E-state index in [1.54, 1.807) is 0 Å². The van der Waals surface area contributed by atoms with Crippen molar-refractivity contribution in [2.45, 2.75) is 19.6 Å². The molecule has 0 unspecified atom stereocenters. The molecule has 0 bridgehead atoms. The van der Waals surface area contributed by atoms with Crippen LogP contribution in [0.3, 0.4) is 0 Å². The first-order chi connectivity index (χ1) is 13.0. The number of aromatic hydroxyl groups is 2. The minimum absolute atomic E-state index is 0.116. The summed E-state index contributed by atoms with van der Waals surface area (Å²) < 4.78 is 0.231. The van der Waals surface area contributed by atoms with E-state index in [4.69, 9.17) is 22.9 Å². The number of hydrogen-bond donors (Lipinski definition) is 6. The van der Waals surface area contributed by atoms with Crippen LogP contribution >= 0.6 is 47.0 Å². The van der Waals surface area contributed by atoms with Crippen LogP contribution in [0.2, 0.25) is 0 Å². The molecule has 0 saturated heterocycles. The Hall–Kier alpha value is -2.42. The molecule has 10 nitrogen and oxygen atoms in total. The summed E-state index contributed by atoms with van der Waals surface area (Å²) in [7, 11) is 0. The lowest BCUT2D eigenvalue weighted by molar-refractivity contribution is -0.122. The van der Waals surface area contributed by atoms with Crippen LogP contribution in [-0.2, 0) is 19.2 Å². The van der Waals surface area contributed by atoms with E-state index in [-0.39, 0.29) is 39.6 Å². The number of primary amides is 4. The summed E-state index contributed by atoms with van der Waals surface area (Å²) in [6, 6.07) is 0. The van der Waals surface area contributed by atoms with Crippen LogP contribution in [0, 0.1) is 0 Å². The summed E-state index contributed by atoms with van der Waals surface area (Å²) >= 11 is 3.36. The van der Waals surface area contributed by atoms with E-state index >= 15 is 0 Å². The number of phenols is 2. The quantitative estimate of drug-likeness (QED) is 0.152. The average Bonchev–Trinajstić information content (AvgIpc) is 3.16. The highest BCUT2D eigenvalue weighted by Gasteiger charge is 2.38. The third-order valence-corrected chi connectivity index (χ3v) is 8.67. The molecule has 0 aliphatic carbocycles. The predicted molar refractivity (Wildman–Crippen MR) is 104 cm³/mol. The minimum atomic E-state index is -1.04. The van der Waals surface area contributed by atoms with Gasteiger partial charge in [-0.1, -0.05) is 47.0 Å². The van der Waals surface area contributed by atoms with Crippen molar-refractivity contribution < 1.29 is 29.4 Å². The maximum atomic E-state index is 11.5. The second-order valence-electron chi connectivity index (χ2n) is 5.20. The molecule has 2 aliphatic rings. The standard InChI is InChI=1S/C14H10N4O6S4/c15-9(21)1(10(16)22)13-25-5-3(19)7-8(4(20)6(5)26-13)28-14(27-7)2(11(17)23)12(18)24/h19-20H,(H2,15,21)(H2,16,22)(H2,17,23)(H2,18,24). The van der Waals surface area contributed by atoms with Gasteiger partial charge in [0.1, 0.15) is 22.6 Å². The Morgan fingerprint density at radius 2 is 0.750 bits per heavy atom. The van der Waals surface area contributed by atoms with Crippen molar-refractivity contribution in [3.05, 3.63) is 19.6 Å². The molecule has 0 atom stereocenters. The van der Waals surface area contributed by atoms with Gasteiger partial charge >= 0.3 is 0 Å². The Morgan fingerprint density at radius 1 is 0.536 bits per heavy atom. The molecule has 1 aromatic carbocycles. The van der Waals surface area contributed by atoms with Gasteiger partial charge in [0, 0.05) is 0 Å². The molecule has 4 amide bonds. The monoisotopic (exact) mass is 458 g/mol. The van der Waals surface area contributed by atoms with Crippen LogP contribution in [0.25, 0.3) is 0 Å². The van der Waals surface area contributed by atoms with Gasteiger partial charge in [0.15, 0.2) is 0 Å². The lowest BCUT2D eigenvalue weighted by Crippen LogP contribution is -2.26. The number of carbonyl (C=O) groups is 4. The third-order valence-electron chi connectivity index (χ3n) is 3.45. The van der Waals surface area contributed by atoms with Crippen LogP contribution in [0.4, 0.5) is 0 Å². The van der Waals surface area contributed by atoms with Crippen molar-refractivity contribution in [1.29, 1.82) is 0 Å². The topological polar surface area (TPSA) is 213 Å². The lowest BCUT2D eigenvalue weighted by Gasteiger charge is -2.08. The number of carbonyl (C=O) groups excluding carboxylic acids is 4. The largest absolute Gasteiger partial charge is 0.505 e. The molecular formula is C14H10N4O6S4. The zero-order valence-corrected chi connectivity index (χ0v) is 16.7. The van der Waals surface area contributed by atoms with Crippen LogP contribution in [-0.4, -0.2) is 33.8 Å². The maximum absolute atomic E-state index is 11.5. The Morgan fingerprint density at radius 3 is 0.929 bits per heavy atom. The van der Waals surface area contributed by atoms with Gasteiger partial charge < -0.3 is 33.1 Å². The number of phenolic OH excluding ortho intramolecular Hbond substituents is 2. The average molecular weight is 459 g/mol. The summed E-state index contributed by atoms with van der Waals surface area (Å²) in [5.74, 6) is -4.70. The summed E-state index contributed by atoms with van der Waals surface area (Å²) in [4.78, 5) is 46.7. The van der Waals surface area contributed by atoms with Gasteiger partial charge in [0.25, 0.3) is 23.6 Å². The van der Waals surface area contributed by atoms with Gasteiger partial charge in [-0.2, -0.15) is 0 Å². The SMILES string of the molecule is NC(=O)C(C(N)=O)=C1Sc2c(O)c3c(c(O)c2S1)SC(=C(C(N)=O)C(N)=O)S3. The van der Waals surface area contributed by atoms with Crippen LogP contribution < -0.4 is 22.9 Å². The zero-order valence-electron chi connectivity index (χ0n) is 13.5. The van der Waals surface area contributed by atoms with Crippen molar-refractivity contribution in [2.24, 2.45) is 22.9 Å². The number of thioether (sulfide) groups is 4. The number of benzene rings is 1. The Kier molecular flexibility index (Phi) is 5.22. The highest BCUT2D eigenvalue weighted by atomic mass is 32.2. The number of nitrogens with two attached hydrogens (primary N) is 4. The summed E-state index contributed by atoms with van der Waals surface area (Å²) in [6.07, 6.45) is 0. The zero-order chi connectivity index (χ0) is 20.9. The van der Waals surface area contributed by atoms with Gasteiger partial charge in [-0.05, 0) is 0 Å². The molecule has 146 valence electrons. The first kappa shape index (κ1) is 20.3. The molecule has 2 aliphatic heterocycles. The molecule has 3 rings (SSSR count). The van der Waals surface area contributed by atoms with Crippen molar-refractivity contribution in [1.82, 2.24) is 0 Å². The van der Waals surface area contributed by atoms with E-state index in [1.165, 1.54) is 0 Å². The van der Waals surface area contributed by atoms with Gasteiger partial charge in [0.2, 0.25) is 0 Å². The van der Waals surface area contributed by atoms with Crippen LogP contribution in [0.15, 0.2) is 39.2 Å². The second kappa shape index (κ2) is 7.20. The van der Waals surface area contributed by atoms with Gasteiger partial charge in [-0.15, -0.1) is 0 Å². The van der Waals surface area contributed by atoms with E-state index in [1.807, 2.05) is 0 Å². The summed E-state index contributed by atoms with van der Waals surface area (Å²) in [5, 5.41) is 21.2. The molecular weight excluding hydrogens is 448 g/mol. The number of fused-ring (bicyclic) bond motifs is 2. The summed E-state index contributed by atoms with van der Waals surface area (Å²) in [6.45, 7) is 0. The van der Waals surface area contributed by atoms with Gasteiger partial charge in [-0.25, -0.2) is 0 Å². The fourth-order valence-corrected chi connectivity index (χ4v) is 7.75. The first-order valence-electron chi connectivity index (χ1n) is 7.05. The Bertz CT molecular complexity index is 908. The molecule has 0 fully saturated rings. The number of amides is 4. The van der Waals surface area contributed by atoms with Gasteiger partial charge in [0.05, 0.1) is 28.1 Å². The normalized spacial score (nSPS) is 14.4. The lowest BCUT2D eigenvalue weighted by atomic mass is 10.3. The Balaban J connectivity index is 2.14. The molecule has 1 aromatic rings. The highest BCUT2D eigenvalue weighted by Crippen LogP contribution is 2.67. The second-order valence-corrected chi connectivity index (χ2v) is 9.80. The molecule has 0 spiro atoms. The molecule has 0 aromatic heterocycles. The van der Waals surface area contributed by atoms with Crippen LogP contribution in [0.5, 0.6) is 11.5 Å². The van der Waals surface area contributed by atoms with Crippen molar-refractivity contribution in [2.75, 3.05) is 0 Å². The predicted octanol–water partition coefficient (Wildman–Crippen LogP) is -0.142. The van der Waals surface area contributed by atoms with E-state index in [0.29, 0.717) is 0 Å². The molecule has 28 heavy (non-hydrogen) atoms. The minimum Gasteiger partial charge on any atom is -0.505 e. The maximum Gasteiger partial charge on any atom is 0.256 e. The number of rotatable bonds is 4. The number of hydrogen-bond acceptors (Lipinski definition) is 10. The van der Waals surface area contributed by atoms with Gasteiger partial charge in [-0.3, -0.25) is 19.2 Å². The molecule has 0 saturated carbocycles. The van der Waals surface area contributed by atoms with E-state index < -0.39 is 34.8 Å². The molecule has 0 radical (unpaired) electrons. The van der Waals surface area contributed by atoms with E-state index in [2.05, 4.69) is 0 Å². The van der Waals surface area contributed by atoms with Crippen molar-refractivity contribution in [3.8, 4) is 11.5 Å². The molecule has 10 N–H and O–H groups in total. The smallest absolute Gasteiger partial charge is 0.256 e. The summed E-state index contributed by atoms with van der Waals surface area (Å²) in [5.41, 5.74) is 19.8. The van der Waals surface area contributed by atoms with E-state index in [9.17, 15) is 29.4 Å². The molecule has 14 heteroatoms. The van der Waals surface area contributed by atoms with Crippen LogP contribution in [0.1, 0.15) is 0 Å². The van der Waals surface area contributed by atoms with E-state index in [0.717, 1.165) is 47.0 Å². The fourth-order valence-electron chi connectivity index (χ4n) is 2.28. The highest BCUT2D eigenvalue weighted by molar-refractivity contribution is 8.26. The molecule has 2 heterocycles.